The van der Waals surface area contributed by atoms with Gasteiger partial charge in [-0.1, -0.05) is 13.8 Å². The number of rotatable bonds is 4. The molecule has 1 rings (SSSR count). The van der Waals surface area contributed by atoms with Gasteiger partial charge in [0.1, 0.15) is 0 Å². The van der Waals surface area contributed by atoms with Gasteiger partial charge in [0.25, 0.3) is 0 Å². The van der Waals surface area contributed by atoms with Crippen LogP contribution in [-0.2, 0) is 4.79 Å². The molecule has 0 aliphatic carbocycles. The first-order chi connectivity index (χ1) is 6.63. The van der Waals surface area contributed by atoms with E-state index in [0.717, 1.165) is 5.69 Å². The first-order valence-corrected chi connectivity index (χ1v) is 5.46. The van der Waals surface area contributed by atoms with E-state index in [9.17, 15) is 4.79 Å². The minimum absolute atomic E-state index is 0.0721. The molecule has 1 aromatic heterocycles. The SMILES string of the molecule is CC(C)c1csc(NC(=O)CCN)n1. The molecule has 0 aromatic carbocycles. The Morgan fingerprint density at radius 3 is 2.93 bits per heavy atom. The Morgan fingerprint density at radius 2 is 2.43 bits per heavy atom. The average molecular weight is 213 g/mol. The fourth-order valence-corrected chi connectivity index (χ4v) is 1.81. The summed E-state index contributed by atoms with van der Waals surface area (Å²) in [6, 6.07) is 0. The Kier molecular flexibility index (Phi) is 4.03. The molecule has 0 spiro atoms. The third-order valence-corrected chi connectivity index (χ3v) is 2.51. The molecule has 1 heterocycles. The quantitative estimate of drug-likeness (QED) is 0.797. The highest BCUT2D eigenvalue weighted by Gasteiger charge is 2.07. The molecule has 1 amide bonds. The van der Waals surface area contributed by atoms with Crippen molar-refractivity contribution in [3.8, 4) is 0 Å². The number of carbonyl (C=O) groups is 1. The lowest BCUT2D eigenvalue weighted by atomic mass is 10.2. The highest BCUT2D eigenvalue weighted by molar-refractivity contribution is 7.13. The van der Waals surface area contributed by atoms with Crippen LogP contribution < -0.4 is 11.1 Å². The van der Waals surface area contributed by atoms with Crippen molar-refractivity contribution >= 4 is 22.4 Å². The molecule has 78 valence electrons. The largest absolute Gasteiger partial charge is 0.330 e. The first kappa shape index (κ1) is 11.1. The third-order valence-electron chi connectivity index (χ3n) is 1.73. The predicted octanol–water partition coefficient (Wildman–Crippen LogP) is 1.55. The molecule has 3 N–H and O–H groups in total. The highest BCUT2D eigenvalue weighted by atomic mass is 32.1. The molecule has 0 fully saturated rings. The second kappa shape index (κ2) is 5.07. The van der Waals surface area contributed by atoms with Crippen LogP contribution in [0.1, 0.15) is 31.9 Å². The van der Waals surface area contributed by atoms with E-state index in [1.165, 1.54) is 11.3 Å². The standard InChI is InChI=1S/C9H15N3OS/c1-6(2)7-5-14-9(11-7)12-8(13)3-4-10/h5-6H,3-4,10H2,1-2H3,(H,11,12,13). The van der Waals surface area contributed by atoms with E-state index >= 15 is 0 Å². The molecule has 1 aromatic rings. The second-order valence-corrected chi connectivity index (χ2v) is 4.18. The summed E-state index contributed by atoms with van der Waals surface area (Å²) in [6.07, 6.45) is 0.344. The van der Waals surface area contributed by atoms with Crippen molar-refractivity contribution in [3.63, 3.8) is 0 Å². The molecular weight excluding hydrogens is 198 g/mol. The van der Waals surface area contributed by atoms with Gasteiger partial charge < -0.3 is 11.1 Å². The average Bonchev–Trinajstić information content (AvgIpc) is 2.53. The zero-order valence-corrected chi connectivity index (χ0v) is 9.23. The summed E-state index contributed by atoms with van der Waals surface area (Å²) in [5.41, 5.74) is 6.27. The summed E-state index contributed by atoms with van der Waals surface area (Å²) in [6.45, 7) is 4.51. The van der Waals surface area contributed by atoms with Crippen molar-refractivity contribution in [1.29, 1.82) is 0 Å². The number of carbonyl (C=O) groups excluding carboxylic acids is 1. The van der Waals surface area contributed by atoms with Gasteiger partial charge in [0.15, 0.2) is 5.13 Å². The number of amides is 1. The molecule has 0 atom stereocenters. The molecule has 0 radical (unpaired) electrons. The lowest BCUT2D eigenvalue weighted by Crippen LogP contribution is -2.16. The van der Waals surface area contributed by atoms with Crippen molar-refractivity contribution in [1.82, 2.24) is 4.98 Å². The van der Waals surface area contributed by atoms with Crippen LogP contribution in [0.5, 0.6) is 0 Å². The lowest BCUT2D eigenvalue weighted by Gasteiger charge is -1.99. The number of nitrogens with zero attached hydrogens (tertiary/aromatic N) is 1. The number of aromatic nitrogens is 1. The van der Waals surface area contributed by atoms with Crippen LogP contribution in [0, 0.1) is 0 Å². The van der Waals surface area contributed by atoms with E-state index in [4.69, 9.17) is 5.73 Å². The maximum Gasteiger partial charge on any atom is 0.227 e. The van der Waals surface area contributed by atoms with Crippen molar-refractivity contribution in [2.75, 3.05) is 11.9 Å². The lowest BCUT2D eigenvalue weighted by molar-refractivity contribution is -0.116. The molecule has 4 nitrogen and oxygen atoms in total. The van der Waals surface area contributed by atoms with E-state index in [2.05, 4.69) is 24.1 Å². The summed E-state index contributed by atoms with van der Waals surface area (Å²) in [4.78, 5) is 15.4. The number of nitrogens with two attached hydrogens (primary N) is 1. The zero-order chi connectivity index (χ0) is 10.6. The van der Waals surface area contributed by atoms with E-state index in [1.807, 2.05) is 5.38 Å². The van der Waals surface area contributed by atoms with Gasteiger partial charge in [-0.3, -0.25) is 4.79 Å². The van der Waals surface area contributed by atoms with Crippen LogP contribution in [0.25, 0.3) is 0 Å². The van der Waals surface area contributed by atoms with Gasteiger partial charge in [0.05, 0.1) is 5.69 Å². The number of anilines is 1. The summed E-state index contributed by atoms with van der Waals surface area (Å²) in [7, 11) is 0. The Labute approximate surface area is 87.5 Å². The van der Waals surface area contributed by atoms with Crippen LogP contribution in [-0.4, -0.2) is 17.4 Å². The molecular formula is C9H15N3OS. The summed E-state index contributed by atoms with van der Waals surface area (Å²) < 4.78 is 0. The number of hydrogen-bond acceptors (Lipinski definition) is 4. The Hall–Kier alpha value is -0.940. The van der Waals surface area contributed by atoms with Crippen molar-refractivity contribution in [2.24, 2.45) is 5.73 Å². The molecule has 5 heteroatoms. The van der Waals surface area contributed by atoms with Crippen LogP contribution in [0.15, 0.2) is 5.38 Å². The zero-order valence-electron chi connectivity index (χ0n) is 8.41. The topological polar surface area (TPSA) is 68.0 Å². The van der Waals surface area contributed by atoms with Crippen LogP contribution in [0.2, 0.25) is 0 Å². The van der Waals surface area contributed by atoms with Gasteiger partial charge in [0, 0.05) is 18.3 Å². The minimum atomic E-state index is -0.0721. The van der Waals surface area contributed by atoms with E-state index in [0.29, 0.717) is 24.0 Å². The highest BCUT2D eigenvalue weighted by Crippen LogP contribution is 2.21. The van der Waals surface area contributed by atoms with Crippen molar-refractivity contribution < 1.29 is 4.79 Å². The van der Waals surface area contributed by atoms with Crippen molar-refractivity contribution in [2.45, 2.75) is 26.2 Å². The first-order valence-electron chi connectivity index (χ1n) is 4.59. The van der Waals surface area contributed by atoms with Gasteiger partial charge in [-0.2, -0.15) is 0 Å². The Balaban J connectivity index is 2.55. The van der Waals surface area contributed by atoms with Gasteiger partial charge in [-0.25, -0.2) is 4.98 Å². The van der Waals surface area contributed by atoms with E-state index in [1.54, 1.807) is 0 Å². The van der Waals surface area contributed by atoms with Crippen LogP contribution in [0.4, 0.5) is 5.13 Å². The summed E-state index contributed by atoms with van der Waals surface area (Å²) >= 11 is 1.45. The molecule has 0 aliphatic rings. The summed E-state index contributed by atoms with van der Waals surface area (Å²) in [5, 5.41) is 5.33. The Morgan fingerprint density at radius 1 is 1.71 bits per heavy atom. The second-order valence-electron chi connectivity index (χ2n) is 3.32. The smallest absolute Gasteiger partial charge is 0.227 e. The van der Waals surface area contributed by atoms with Crippen molar-refractivity contribution in [3.05, 3.63) is 11.1 Å². The molecule has 0 aliphatic heterocycles. The number of hydrogen-bond donors (Lipinski definition) is 2. The monoisotopic (exact) mass is 213 g/mol. The van der Waals surface area contributed by atoms with Crippen LogP contribution in [0.3, 0.4) is 0 Å². The molecule has 0 unspecified atom stereocenters. The Bertz CT molecular complexity index is 309. The third kappa shape index (κ3) is 3.08. The van der Waals surface area contributed by atoms with Gasteiger partial charge in [-0.15, -0.1) is 11.3 Å². The van der Waals surface area contributed by atoms with Gasteiger partial charge in [-0.05, 0) is 5.92 Å². The molecule has 0 saturated carbocycles. The number of nitrogens with one attached hydrogen (secondary N) is 1. The molecule has 0 bridgehead atoms. The molecule has 14 heavy (non-hydrogen) atoms. The van der Waals surface area contributed by atoms with Crippen LogP contribution >= 0.6 is 11.3 Å². The van der Waals surface area contributed by atoms with E-state index in [-0.39, 0.29) is 5.91 Å². The predicted molar refractivity (Wildman–Crippen MR) is 58.5 cm³/mol. The normalized spacial score (nSPS) is 10.6. The maximum atomic E-state index is 11.2. The van der Waals surface area contributed by atoms with Gasteiger partial charge >= 0.3 is 0 Å². The summed E-state index contributed by atoms with van der Waals surface area (Å²) in [5.74, 6) is 0.323. The minimum Gasteiger partial charge on any atom is -0.330 e. The maximum absolute atomic E-state index is 11.2. The molecule has 0 saturated heterocycles. The number of thiazole rings is 1. The van der Waals surface area contributed by atoms with E-state index < -0.39 is 0 Å². The fraction of sp³-hybridized carbons (Fsp3) is 0.556. The van der Waals surface area contributed by atoms with Gasteiger partial charge in [0.2, 0.25) is 5.91 Å². The fourth-order valence-electron chi connectivity index (χ4n) is 0.922.